The number of amides is 2. The van der Waals surface area contributed by atoms with E-state index in [0.717, 1.165) is 24.3 Å². The van der Waals surface area contributed by atoms with Crippen LogP contribution >= 0.6 is 11.3 Å². The number of aliphatic carboxylic acids is 1. The molecule has 45 heavy (non-hydrogen) atoms. The Morgan fingerprint density at radius 3 is 2.67 bits per heavy atom. The highest BCUT2D eigenvalue weighted by Crippen LogP contribution is 2.33. The number of β-lactam (4-membered cyclic amide) rings is 1. The topological polar surface area (TPSA) is 268 Å². The Balaban J connectivity index is 1.44. The van der Waals surface area contributed by atoms with E-state index in [-0.39, 0.29) is 16.6 Å². The van der Waals surface area contributed by atoms with E-state index in [1.54, 1.807) is 16.7 Å². The van der Waals surface area contributed by atoms with Gasteiger partial charge in [0.2, 0.25) is 12.1 Å². The largest absolute Gasteiger partial charge is 0.487 e. The van der Waals surface area contributed by atoms with Gasteiger partial charge < -0.3 is 31.5 Å². The number of nitrogens with zero attached hydrogens (tertiary/aromatic N) is 6. The molecule has 4 heterocycles. The second-order valence-corrected chi connectivity index (χ2v) is 11.9. The third-order valence-electron chi connectivity index (χ3n) is 6.35. The van der Waals surface area contributed by atoms with Crippen LogP contribution in [0, 0.1) is 0 Å². The molecule has 0 aliphatic carbocycles. The van der Waals surface area contributed by atoms with Crippen LogP contribution in [0.4, 0.5) is 5.13 Å². The lowest BCUT2D eigenvalue weighted by Crippen LogP contribution is -2.76. The first-order valence-corrected chi connectivity index (χ1v) is 15.3. The van der Waals surface area contributed by atoms with Crippen LogP contribution < -0.4 is 26.1 Å². The van der Waals surface area contributed by atoms with Crippen molar-refractivity contribution in [3.63, 3.8) is 0 Å². The lowest BCUT2D eigenvalue weighted by Gasteiger charge is -2.50. The predicted molar refractivity (Wildman–Crippen MR) is 154 cm³/mol. The van der Waals surface area contributed by atoms with Crippen molar-refractivity contribution < 1.29 is 50.9 Å². The van der Waals surface area contributed by atoms with Crippen molar-refractivity contribution in [3.8, 4) is 11.6 Å². The Bertz CT molecular complexity index is 1690. The zero-order valence-corrected chi connectivity index (χ0v) is 25.5. The number of hydroxylamine groups is 2. The molecule has 242 valence electrons. The zero-order chi connectivity index (χ0) is 32.9. The molecule has 0 saturated carbocycles. The Labute approximate surface area is 259 Å². The van der Waals surface area contributed by atoms with Crippen molar-refractivity contribution in [2.45, 2.75) is 44.5 Å². The van der Waals surface area contributed by atoms with Crippen molar-refractivity contribution in [1.82, 2.24) is 24.9 Å². The fourth-order valence-corrected chi connectivity index (χ4v) is 5.00. The second kappa shape index (κ2) is 13.5. The minimum Gasteiger partial charge on any atom is -0.487 e. The molecule has 2 atom stereocenters. The fraction of sp³-hybridized carbons (Fsp3) is 0.375. The van der Waals surface area contributed by atoms with E-state index < -0.39 is 58.2 Å². The van der Waals surface area contributed by atoms with Gasteiger partial charge in [-0.05, 0) is 32.9 Å². The highest BCUT2D eigenvalue weighted by atomic mass is 32.3. The number of aryl methyl sites for hydroxylation is 1. The molecule has 0 bridgehead atoms. The highest BCUT2D eigenvalue weighted by molar-refractivity contribution is 7.80. The first-order chi connectivity index (χ1) is 21.2. The van der Waals surface area contributed by atoms with Crippen molar-refractivity contribution in [2.24, 2.45) is 10.9 Å². The van der Waals surface area contributed by atoms with Gasteiger partial charge in [-0.25, -0.2) is 19.3 Å². The van der Waals surface area contributed by atoms with Gasteiger partial charge in [-0.3, -0.25) is 14.1 Å². The summed E-state index contributed by atoms with van der Waals surface area (Å²) in [6.07, 6.45) is 6.06. The van der Waals surface area contributed by atoms with Crippen molar-refractivity contribution in [2.75, 3.05) is 18.9 Å². The molecule has 19 nitrogen and oxygen atoms in total. The number of rotatable bonds is 15. The van der Waals surface area contributed by atoms with Gasteiger partial charge in [0, 0.05) is 11.4 Å². The van der Waals surface area contributed by atoms with E-state index in [0.29, 0.717) is 17.4 Å². The van der Waals surface area contributed by atoms with Crippen LogP contribution in [0.3, 0.4) is 0 Å². The quantitative estimate of drug-likeness (QED) is 0.0412. The maximum atomic E-state index is 13.2. The average molecular weight is 669 g/mol. The summed E-state index contributed by atoms with van der Waals surface area (Å²) in [6, 6.07) is 1.92. The third-order valence-corrected chi connectivity index (χ3v) is 7.36. The molecule has 1 saturated heterocycles. The summed E-state index contributed by atoms with van der Waals surface area (Å²) in [7, 11) is -5.02. The first-order valence-electron chi connectivity index (χ1n) is 13.1. The summed E-state index contributed by atoms with van der Waals surface area (Å²) < 4.78 is 44.6. The summed E-state index contributed by atoms with van der Waals surface area (Å²) in [4.78, 5) is 51.0. The van der Waals surface area contributed by atoms with E-state index in [2.05, 4.69) is 24.7 Å². The number of aromatic nitrogens is 4. The van der Waals surface area contributed by atoms with Gasteiger partial charge in [-0.15, -0.1) is 15.6 Å². The van der Waals surface area contributed by atoms with E-state index >= 15 is 0 Å². The Kier molecular flexibility index (Phi) is 9.97. The van der Waals surface area contributed by atoms with Crippen LogP contribution in [0.5, 0.6) is 5.75 Å². The Morgan fingerprint density at radius 1 is 1.33 bits per heavy atom. The molecule has 1 unspecified atom stereocenters. The summed E-state index contributed by atoms with van der Waals surface area (Å²) >= 11 is 0.953. The van der Waals surface area contributed by atoms with Crippen molar-refractivity contribution in [3.05, 3.63) is 48.1 Å². The molecule has 3 aromatic rings. The minimum absolute atomic E-state index is 0.0534. The van der Waals surface area contributed by atoms with Gasteiger partial charge in [-0.1, -0.05) is 5.16 Å². The molecule has 2 amide bonds. The second-order valence-electron chi connectivity index (χ2n) is 10.0. The molecular formula is C24H30N9O10S2+. The summed E-state index contributed by atoms with van der Waals surface area (Å²) in [5, 5.41) is 17.5. The fourth-order valence-electron chi connectivity index (χ4n) is 4.00. The van der Waals surface area contributed by atoms with Crippen LogP contribution in [0.15, 0.2) is 47.6 Å². The highest BCUT2D eigenvalue weighted by Gasteiger charge is 2.58. The van der Waals surface area contributed by atoms with Gasteiger partial charge in [0.25, 0.3) is 17.9 Å². The van der Waals surface area contributed by atoms with Crippen molar-refractivity contribution >= 4 is 50.4 Å². The molecule has 1 fully saturated rings. The number of thiazole rings is 1. The maximum Gasteiger partial charge on any atom is 0.418 e. The molecule has 0 spiro atoms. The number of oxime groups is 1. The van der Waals surface area contributed by atoms with E-state index in [1.807, 2.05) is 23.3 Å². The monoisotopic (exact) mass is 668 g/mol. The number of carbonyl (C=O) groups excluding carboxylic acids is 2. The molecule has 7 N–H and O–H groups in total. The molecule has 4 rings (SSSR count). The van der Waals surface area contributed by atoms with Crippen LogP contribution in [-0.2, 0) is 40.4 Å². The number of nitrogens with two attached hydrogens (primary N) is 2. The number of anilines is 1. The third kappa shape index (κ3) is 8.07. The maximum absolute atomic E-state index is 13.2. The average Bonchev–Trinajstić information content (AvgIpc) is 3.64. The van der Waals surface area contributed by atoms with Gasteiger partial charge in [0.05, 0.1) is 18.3 Å². The summed E-state index contributed by atoms with van der Waals surface area (Å²) in [6.45, 7) is 3.50. The van der Waals surface area contributed by atoms with Gasteiger partial charge in [0.15, 0.2) is 10.8 Å². The first kappa shape index (κ1) is 33.2. The number of ether oxygens (including phenoxy) is 1. The Morgan fingerprint density at radius 2 is 2.09 bits per heavy atom. The SMILES string of the molecule is CC1(C)[C@H](NC(=O)/C(=N\OC(COc2ccc(-n3cc[n+](CCCN)c3)nc2)C(=O)O)c2csc(N)n2)C(=O)N1OS(=O)(=O)O. The number of pyridine rings is 1. The summed E-state index contributed by atoms with van der Waals surface area (Å²) in [5.74, 6) is -2.68. The smallest absolute Gasteiger partial charge is 0.418 e. The molecular weight excluding hydrogens is 638 g/mol. The predicted octanol–water partition coefficient (Wildman–Crippen LogP) is -1.36. The number of hydrogen-bond acceptors (Lipinski definition) is 14. The Hall–Kier alpha value is -4.70. The van der Waals surface area contributed by atoms with Crippen LogP contribution in [0.2, 0.25) is 0 Å². The van der Waals surface area contributed by atoms with Crippen LogP contribution in [-0.4, -0.2) is 92.0 Å². The molecule has 3 aromatic heterocycles. The number of carbonyl (C=O) groups is 3. The lowest BCUT2D eigenvalue weighted by molar-refractivity contribution is -0.696. The van der Waals surface area contributed by atoms with Gasteiger partial charge >= 0.3 is 16.4 Å². The number of carboxylic acid groups (broad SMARTS) is 1. The van der Waals surface area contributed by atoms with Gasteiger partial charge in [0.1, 0.15) is 36.5 Å². The number of nitrogen functional groups attached to an aromatic ring is 1. The van der Waals surface area contributed by atoms with E-state index in [9.17, 15) is 27.9 Å². The number of carboxylic acids is 1. The molecule has 0 aromatic carbocycles. The lowest BCUT2D eigenvalue weighted by atomic mass is 9.84. The molecule has 1 aliphatic rings. The van der Waals surface area contributed by atoms with E-state index in [4.69, 9.17) is 25.6 Å². The number of imidazole rings is 1. The normalized spacial score (nSPS) is 17.0. The standard InChI is InChI=1S/C24H29N9O10S2/c1-24(2)19(21(35)33(24)43-45(38,39)40)29-20(34)18(15-12-44-23(26)28-15)30-42-16(22(36)37)11-41-14-4-5-17(27-10-14)32-9-8-31(13-32)7-3-6-25/h4-5,8-10,12-13,16,19H,3,6-7,11,25H2,1-2H3,(H4-,26,28,29,34,36,37,38,39,40)/p+1/b30-18-/t16?,19-/m1/s1. The number of nitrogens with one attached hydrogen (secondary N) is 1. The molecule has 0 radical (unpaired) electrons. The van der Waals surface area contributed by atoms with E-state index in [1.165, 1.54) is 25.4 Å². The zero-order valence-electron chi connectivity index (χ0n) is 23.8. The number of hydrogen-bond donors (Lipinski definition) is 5. The van der Waals surface area contributed by atoms with Crippen LogP contribution in [0.1, 0.15) is 26.0 Å². The summed E-state index contributed by atoms with van der Waals surface area (Å²) in [5.41, 5.74) is 9.17. The minimum atomic E-state index is -5.02. The van der Waals surface area contributed by atoms with Crippen molar-refractivity contribution in [1.29, 1.82) is 0 Å². The van der Waals surface area contributed by atoms with Crippen LogP contribution in [0.25, 0.3) is 5.82 Å². The van der Waals surface area contributed by atoms with Gasteiger partial charge in [-0.2, -0.15) is 18.0 Å². The molecule has 1 aliphatic heterocycles. The molecule has 21 heteroatoms.